The number of fused-ring (bicyclic) bond motifs is 1. The fourth-order valence-corrected chi connectivity index (χ4v) is 3.38. The van der Waals surface area contributed by atoms with Gasteiger partial charge in [0.2, 0.25) is 5.95 Å². The Morgan fingerprint density at radius 1 is 1.22 bits per heavy atom. The van der Waals surface area contributed by atoms with E-state index < -0.39 is 21.6 Å². The second kappa shape index (κ2) is 6.42. The predicted octanol–water partition coefficient (Wildman–Crippen LogP) is 1.52. The summed E-state index contributed by atoms with van der Waals surface area (Å²) in [7, 11) is -2.24. The first kappa shape index (κ1) is 19.0. The minimum absolute atomic E-state index is 0.0164. The number of aromatic nitrogens is 5. The molecule has 0 radical (unpaired) electrons. The molecule has 0 bridgehead atoms. The summed E-state index contributed by atoms with van der Waals surface area (Å²) < 4.78 is 64.8. The second-order valence-corrected chi connectivity index (χ2v) is 7.76. The number of rotatable bonds is 4. The molecule has 0 aliphatic rings. The first-order chi connectivity index (χ1) is 12.6. The van der Waals surface area contributed by atoms with Crippen molar-refractivity contribution < 1.29 is 21.6 Å². The van der Waals surface area contributed by atoms with Crippen LogP contribution in [0.15, 0.2) is 23.4 Å². The largest absolute Gasteiger partial charge is 0.417 e. The Balaban J connectivity index is 2.30. The van der Waals surface area contributed by atoms with E-state index in [1.165, 1.54) is 18.5 Å². The van der Waals surface area contributed by atoms with Crippen LogP contribution in [0.5, 0.6) is 0 Å². The maximum absolute atomic E-state index is 12.9. The molecule has 0 amide bonds. The molecule has 0 atom stereocenters. The highest BCUT2D eigenvalue weighted by Crippen LogP contribution is 2.32. The molecule has 0 saturated carbocycles. The van der Waals surface area contributed by atoms with Gasteiger partial charge in [-0.2, -0.15) is 13.2 Å². The number of alkyl halides is 3. The van der Waals surface area contributed by atoms with Crippen LogP contribution in [0, 0.1) is 0 Å². The summed E-state index contributed by atoms with van der Waals surface area (Å²) in [5.74, 6) is 5.00. The number of anilines is 1. The van der Waals surface area contributed by atoms with Gasteiger partial charge >= 0.3 is 6.18 Å². The number of nitrogen functional groups attached to an aromatic ring is 1. The van der Waals surface area contributed by atoms with Crippen LogP contribution in [0.25, 0.3) is 22.7 Å². The molecule has 9 nitrogen and oxygen atoms in total. The van der Waals surface area contributed by atoms with Gasteiger partial charge in [-0.3, -0.25) is 5.43 Å². The van der Waals surface area contributed by atoms with E-state index in [-0.39, 0.29) is 39.3 Å². The molecule has 0 aliphatic heterocycles. The van der Waals surface area contributed by atoms with Crippen LogP contribution < -0.4 is 11.3 Å². The van der Waals surface area contributed by atoms with E-state index in [1.54, 1.807) is 0 Å². The van der Waals surface area contributed by atoms with E-state index in [2.05, 4.69) is 25.4 Å². The molecule has 0 fully saturated rings. The number of sulfone groups is 1. The van der Waals surface area contributed by atoms with E-state index in [4.69, 9.17) is 5.84 Å². The summed E-state index contributed by atoms with van der Waals surface area (Å²) >= 11 is 0. The number of nitrogens with zero attached hydrogens (tertiary/aromatic N) is 5. The summed E-state index contributed by atoms with van der Waals surface area (Å²) in [5.41, 5.74) is 1.23. The lowest BCUT2D eigenvalue weighted by molar-refractivity contribution is -0.137. The highest BCUT2D eigenvalue weighted by Gasteiger charge is 2.32. The molecule has 0 spiro atoms. The van der Waals surface area contributed by atoms with Gasteiger partial charge in [0.1, 0.15) is 16.1 Å². The van der Waals surface area contributed by atoms with E-state index in [9.17, 15) is 21.6 Å². The average Bonchev–Trinajstić information content (AvgIpc) is 2.96. The predicted molar refractivity (Wildman–Crippen MR) is 90.1 cm³/mol. The Kier molecular flexibility index (Phi) is 4.51. The van der Waals surface area contributed by atoms with Crippen molar-refractivity contribution in [2.75, 3.05) is 11.2 Å². The van der Waals surface area contributed by atoms with Gasteiger partial charge in [0, 0.05) is 13.2 Å². The van der Waals surface area contributed by atoms with Crippen molar-refractivity contribution in [1.82, 2.24) is 24.5 Å². The third kappa shape index (κ3) is 3.30. The molecule has 27 heavy (non-hydrogen) atoms. The van der Waals surface area contributed by atoms with Crippen LogP contribution >= 0.6 is 0 Å². The molecular weight excluding hydrogens is 387 g/mol. The van der Waals surface area contributed by atoms with Crippen molar-refractivity contribution in [2.24, 2.45) is 12.9 Å². The molecule has 0 aromatic carbocycles. The van der Waals surface area contributed by atoms with Gasteiger partial charge in [-0.05, 0) is 6.07 Å². The van der Waals surface area contributed by atoms with Crippen LogP contribution in [0.2, 0.25) is 0 Å². The Morgan fingerprint density at radius 3 is 2.52 bits per heavy atom. The number of pyridine rings is 1. The van der Waals surface area contributed by atoms with Crippen molar-refractivity contribution in [3.63, 3.8) is 0 Å². The molecule has 3 rings (SSSR count). The van der Waals surface area contributed by atoms with Gasteiger partial charge in [0.15, 0.2) is 21.3 Å². The molecular formula is C14H14F3N7O2S. The Labute approximate surface area is 151 Å². The Bertz CT molecular complexity index is 1130. The van der Waals surface area contributed by atoms with Crippen molar-refractivity contribution >= 4 is 26.9 Å². The number of hydrazine groups is 1. The first-order valence-corrected chi connectivity index (χ1v) is 9.20. The van der Waals surface area contributed by atoms with Crippen molar-refractivity contribution in [3.8, 4) is 11.5 Å². The van der Waals surface area contributed by atoms with Crippen LogP contribution in [0.4, 0.5) is 19.1 Å². The van der Waals surface area contributed by atoms with Crippen LogP contribution in [0.3, 0.4) is 0 Å². The normalized spacial score (nSPS) is 12.5. The smallest absolute Gasteiger partial charge is 0.310 e. The van der Waals surface area contributed by atoms with Crippen molar-refractivity contribution in [2.45, 2.75) is 18.0 Å². The zero-order chi connectivity index (χ0) is 20.0. The van der Waals surface area contributed by atoms with Crippen LogP contribution in [-0.4, -0.2) is 38.7 Å². The zero-order valence-corrected chi connectivity index (χ0v) is 14.9. The van der Waals surface area contributed by atoms with E-state index in [0.717, 1.165) is 12.3 Å². The minimum Gasteiger partial charge on any atom is -0.310 e. The number of halogens is 3. The number of hydrogen-bond acceptors (Lipinski definition) is 8. The summed E-state index contributed by atoms with van der Waals surface area (Å²) in [4.78, 5) is 15.5. The standard InChI is InChI=1S/C14H14F3N7O2S/c1-3-27(25,26)9-6-20-13(23-18)22-10(9)12-21-8-4-7(14(15,16)17)5-19-11(8)24(12)2/h4-6H,3,18H2,1-2H3,(H,20,22,23). The summed E-state index contributed by atoms with van der Waals surface area (Å²) in [5, 5.41) is 0. The molecule has 0 unspecified atom stereocenters. The van der Waals surface area contributed by atoms with Gasteiger partial charge in [-0.1, -0.05) is 6.92 Å². The average molecular weight is 401 g/mol. The van der Waals surface area contributed by atoms with Crippen LogP contribution in [0.1, 0.15) is 12.5 Å². The second-order valence-electron chi connectivity index (χ2n) is 5.51. The molecule has 144 valence electrons. The summed E-state index contributed by atoms with van der Waals surface area (Å²) in [6.45, 7) is 1.44. The van der Waals surface area contributed by atoms with Crippen molar-refractivity contribution in [1.29, 1.82) is 0 Å². The lowest BCUT2D eigenvalue weighted by Crippen LogP contribution is -2.14. The monoisotopic (exact) mass is 401 g/mol. The fourth-order valence-electron chi connectivity index (χ4n) is 2.43. The third-order valence-electron chi connectivity index (χ3n) is 3.85. The minimum atomic E-state index is -4.58. The number of nitrogens with one attached hydrogen (secondary N) is 1. The Hall–Kier alpha value is -2.80. The fraction of sp³-hybridized carbons (Fsp3) is 0.286. The quantitative estimate of drug-likeness (QED) is 0.497. The van der Waals surface area contributed by atoms with Crippen LogP contribution in [-0.2, 0) is 23.1 Å². The lowest BCUT2D eigenvalue weighted by atomic mass is 10.2. The summed E-state index contributed by atoms with van der Waals surface area (Å²) in [6, 6.07) is 0.836. The Morgan fingerprint density at radius 2 is 1.93 bits per heavy atom. The highest BCUT2D eigenvalue weighted by atomic mass is 32.2. The molecule has 3 aromatic rings. The summed E-state index contributed by atoms with van der Waals surface area (Å²) in [6.07, 6.45) is -2.82. The maximum atomic E-state index is 12.9. The van der Waals surface area contributed by atoms with Gasteiger partial charge in [0.25, 0.3) is 0 Å². The molecule has 3 aromatic heterocycles. The maximum Gasteiger partial charge on any atom is 0.417 e. The number of hydrogen-bond donors (Lipinski definition) is 2. The van der Waals surface area contributed by atoms with Gasteiger partial charge < -0.3 is 4.57 Å². The van der Waals surface area contributed by atoms with E-state index in [0.29, 0.717) is 6.20 Å². The topological polar surface area (TPSA) is 129 Å². The molecule has 0 saturated heterocycles. The molecule has 3 N–H and O–H groups in total. The number of aryl methyl sites for hydroxylation is 1. The van der Waals surface area contributed by atoms with Gasteiger partial charge in [0.05, 0.1) is 17.5 Å². The van der Waals surface area contributed by atoms with Gasteiger partial charge in [-0.15, -0.1) is 0 Å². The number of nitrogens with two attached hydrogens (primary N) is 1. The molecule has 13 heteroatoms. The SMILES string of the molecule is CCS(=O)(=O)c1cnc(NN)nc1-c1nc2cc(C(F)(F)F)cnc2n1C. The van der Waals surface area contributed by atoms with E-state index >= 15 is 0 Å². The van der Waals surface area contributed by atoms with Gasteiger partial charge in [-0.25, -0.2) is 34.2 Å². The third-order valence-corrected chi connectivity index (χ3v) is 5.58. The zero-order valence-electron chi connectivity index (χ0n) is 14.1. The molecule has 0 aliphatic carbocycles. The highest BCUT2D eigenvalue weighted by molar-refractivity contribution is 7.91. The van der Waals surface area contributed by atoms with E-state index in [1.807, 2.05) is 0 Å². The first-order valence-electron chi connectivity index (χ1n) is 7.55. The lowest BCUT2D eigenvalue weighted by Gasteiger charge is -2.09. The van der Waals surface area contributed by atoms with Crippen molar-refractivity contribution in [3.05, 3.63) is 24.0 Å². The molecule has 3 heterocycles. The number of imidazole rings is 1.